The van der Waals surface area contributed by atoms with Gasteiger partial charge in [0.25, 0.3) is 0 Å². The van der Waals surface area contributed by atoms with Crippen LogP contribution in [0.3, 0.4) is 0 Å². The second kappa shape index (κ2) is 6.90. The van der Waals surface area contributed by atoms with Crippen LogP contribution in [0.2, 0.25) is 0 Å². The van der Waals surface area contributed by atoms with Gasteiger partial charge in [-0.25, -0.2) is 0 Å². The van der Waals surface area contributed by atoms with E-state index >= 15 is 0 Å². The van der Waals surface area contributed by atoms with Gasteiger partial charge < -0.3 is 9.47 Å². The quantitative estimate of drug-likeness (QED) is 0.622. The van der Waals surface area contributed by atoms with Crippen molar-refractivity contribution < 1.29 is 9.47 Å². The maximum atomic E-state index is 5.69. The van der Waals surface area contributed by atoms with Gasteiger partial charge in [0.05, 0.1) is 0 Å². The fourth-order valence-corrected chi connectivity index (χ4v) is 1.55. The number of ether oxygens (including phenoxy) is 2. The molecule has 0 radical (unpaired) electrons. The molecule has 0 aliphatic heterocycles. The van der Waals surface area contributed by atoms with E-state index in [-0.39, 0.29) is 0 Å². The highest BCUT2D eigenvalue weighted by Crippen LogP contribution is 2.23. The number of rotatable bonds is 6. The smallest absolute Gasteiger partial charge is 0.127 e. The zero-order valence-corrected chi connectivity index (χ0v) is 11.5. The van der Waals surface area contributed by atoms with Crippen molar-refractivity contribution in [2.45, 2.75) is 0 Å². The molecular weight excluding hydrogens is 256 g/mol. The molecule has 0 saturated heterocycles. The highest BCUT2D eigenvalue weighted by atomic mass is 32.1. The van der Waals surface area contributed by atoms with Gasteiger partial charge in [-0.05, 0) is 42.0 Å². The van der Waals surface area contributed by atoms with E-state index in [1.807, 2.05) is 54.6 Å². The first-order chi connectivity index (χ1) is 9.28. The minimum absolute atomic E-state index is 0.488. The molecule has 19 heavy (non-hydrogen) atoms. The first-order valence-electron chi connectivity index (χ1n) is 6.01. The molecule has 0 amide bonds. The second-order valence-corrected chi connectivity index (χ2v) is 4.40. The molecule has 0 N–H and O–H groups in total. The summed E-state index contributed by atoms with van der Waals surface area (Å²) >= 11 is 4.13. The van der Waals surface area contributed by atoms with E-state index in [0.717, 1.165) is 22.8 Å². The summed E-state index contributed by atoms with van der Waals surface area (Å²) in [5.41, 5.74) is 0.952. The standard InChI is InChI=1S/C16H16O2S/c1-13(12-19)11-17-14-7-9-16(10-8-14)18-15-5-3-2-4-6-15/h2-10,19H,1,11-12H2. The summed E-state index contributed by atoms with van der Waals surface area (Å²) in [5.74, 6) is 3.03. The van der Waals surface area contributed by atoms with Crippen LogP contribution in [0.4, 0.5) is 0 Å². The van der Waals surface area contributed by atoms with E-state index in [1.165, 1.54) is 0 Å². The van der Waals surface area contributed by atoms with Gasteiger partial charge in [0, 0.05) is 5.75 Å². The van der Waals surface area contributed by atoms with Gasteiger partial charge in [0.15, 0.2) is 0 Å². The van der Waals surface area contributed by atoms with Gasteiger partial charge in [0.2, 0.25) is 0 Å². The molecule has 0 saturated carbocycles. The molecule has 0 heterocycles. The molecule has 0 aromatic heterocycles. The summed E-state index contributed by atoms with van der Waals surface area (Å²) < 4.78 is 11.3. The van der Waals surface area contributed by atoms with Crippen LogP contribution in [0.25, 0.3) is 0 Å². The van der Waals surface area contributed by atoms with E-state index in [9.17, 15) is 0 Å². The Morgan fingerprint density at radius 2 is 1.47 bits per heavy atom. The summed E-state index contributed by atoms with van der Waals surface area (Å²) in [6.07, 6.45) is 0. The molecule has 0 aliphatic rings. The normalized spacial score (nSPS) is 9.95. The van der Waals surface area contributed by atoms with Crippen molar-refractivity contribution in [3.8, 4) is 17.2 Å². The third-order valence-corrected chi connectivity index (χ3v) is 2.92. The van der Waals surface area contributed by atoms with E-state index in [0.29, 0.717) is 12.4 Å². The maximum Gasteiger partial charge on any atom is 0.127 e. The summed E-state index contributed by atoms with van der Waals surface area (Å²) in [7, 11) is 0. The zero-order valence-electron chi connectivity index (χ0n) is 10.6. The van der Waals surface area contributed by atoms with Crippen molar-refractivity contribution in [1.82, 2.24) is 0 Å². The molecule has 2 nitrogen and oxygen atoms in total. The third kappa shape index (κ3) is 4.38. The monoisotopic (exact) mass is 272 g/mol. The van der Waals surface area contributed by atoms with Crippen LogP contribution in [-0.2, 0) is 0 Å². The lowest BCUT2D eigenvalue weighted by molar-refractivity contribution is 0.352. The molecule has 0 unspecified atom stereocenters. The van der Waals surface area contributed by atoms with Crippen LogP contribution >= 0.6 is 12.6 Å². The molecular formula is C16H16O2S. The second-order valence-electron chi connectivity index (χ2n) is 4.08. The molecule has 2 aromatic rings. The van der Waals surface area contributed by atoms with Crippen molar-refractivity contribution in [2.24, 2.45) is 0 Å². The molecule has 0 spiro atoms. The molecule has 0 bridgehead atoms. The molecule has 0 aliphatic carbocycles. The highest BCUT2D eigenvalue weighted by molar-refractivity contribution is 7.80. The summed E-state index contributed by atoms with van der Waals surface area (Å²) in [4.78, 5) is 0. The van der Waals surface area contributed by atoms with E-state index < -0.39 is 0 Å². The molecule has 2 aromatic carbocycles. The van der Waals surface area contributed by atoms with Crippen molar-refractivity contribution in [3.63, 3.8) is 0 Å². The maximum absolute atomic E-state index is 5.69. The minimum Gasteiger partial charge on any atom is -0.489 e. The Labute approximate surface area is 119 Å². The first-order valence-corrected chi connectivity index (χ1v) is 6.64. The Bertz CT molecular complexity index is 520. The average Bonchev–Trinajstić information content (AvgIpc) is 2.47. The third-order valence-electron chi connectivity index (χ3n) is 2.47. The number of para-hydroxylation sites is 1. The van der Waals surface area contributed by atoms with E-state index in [4.69, 9.17) is 9.47 Å². The molecule has 0 fully saturated rings. The average molecular weight is 272 g/mol. The number of hydrogen-bond acceptors (Lipinski definition) is 3. The SMILES string of the molecule is C=C(CS)COc1ccc(Oc2ccccc2)cc1. The predicted molar refractivity (Wildman–Crippen MR) is 81.4 cm³/mol. The molecule has 0 atom stereocenters. The largest absolute Gasteiger partial charge is 0.489 e. The summed E-state index contributed by atoms with van der Waals surface area (Å²) in [6.45, 7) is 4.32. The van der Waals surface area contributed by atoms with Gasteiger partial charge >= 0.3 is 0 Å². The predicted octanol–water partition coefficient (Wildman–Crippen LogP) is 4.34. The van der Waals surface area contributed by atoms with Crippen LogP contribution in [0.5, 0.6) is 17.2 Å². The lowest BCUT2D eigenvalue weighted by atomic mass is 10.3. The van der Waals surface area contributed by atoms with Gasteiger partial charge in [-0.2, -0.15) is 12.6 Å². The Morgan fingerprint density at radius 3 is 2.11 bits per heavy atom. The summed E-state index contributed by atoms with van der Waals surface area (Å²) in [5, 5.41) is 0. The van der Waals surface area contributed by atoms with Crippen LogP contribution in [0.15, 0.2) is 66.7 Å². The fraction of sp³-hybridized carbons (Fsp3) is 0.125. The number of benzene rings is 2. The number of hydrogen-bond donors (Lipinski definition) is 1. The fourth-order valence-electron chi connectivity index (χ4n) is 1.46. The first kappa shape index (κ1) is 13.6. The van der Waals surface area contributed by atoms with E-state index in [1.54, 1.807) is 0 Å². The Balaban J connectivity index is 1.93. The molecule has 98 valence electrons. The number of thiol groups is 1. The van der Waals surface area contributed by atoms with Gasteiger partial charge in [0.1, 0.15) is 23.9 Å². The van der Waals surface area contributed by atoms with Crippen LogP contribution < -0.4 is 9.47 Å². The minimum atomic E-state index is 0.488. The highest BCUT2D eigenvalue weighted by Gasteiger charge is 1.99. The van der Waals surface area contributed by atoms with Gasteiger partial charge in [-0.3, -0.25) is 0 Å². The van der Waals surface area contributed by atoms with E-state index in [2.05, 4.69) is 19.2 Å². The molecule has 2 rings (SSSR count). The van der Waals surface area contributed by atoms with Crippen LogP contribution in [0.1, 0.15) is 0 Å². The lowest BCUT2D eigenvalue weighted by Gasteiger charge is -2.08. The lowest BCUT2D eigenvalue weighted by Crippen LogP contribution is -2.00. The Kier molecular flexibility index (Phi) is 4.93. The van der Waals surface area contributed by atoms with Crippen molar-refractivity contribution in [3.05, 3.63) is 66.7 Å². The zero-order chi connectivity index (χ0) is 13.5. The van der Waals surface area contributed by atoms with Crippen molar-refractivity contribution in [2.75, 3.05) is 12.4 Å². The summed E-state index contributed by atoms with van der Waals surface area (Å²) in [6, 6.07) is 17.2. The van der Waals surface area contributed by atoms with Gasteiger partial charge in [-0.1, -0.05) is 24.8 Å². The Hall–Kier alpha value is -1.87. The van der Waals surface area contributed by atoms with Crippen molar-refractivity contribution >= 4 is 12.6 Å². The van der Waals surface area contributed by atoms with Crippen LogP contribution in [-0.4, -0.2) is 12.4 Å². The van der Waals surface area contributed by atoms with Crippen molar-refractivity contribution in [1.29, 1.82) is 0 Å². The topological polar surface area (TPSA) is 18.5 Å². The molecule has 3 heteroatoms. The van der Waals surface area contributed by atoms with Crippen LogP contribution in [0, 0.1) is 0 Å². The van der Waals surface area contributed by atoms with Gasteiger partial charge in [-0.15, -0.1) is 0 Å². The Morgan fingerprint density at radius 1 is 0.895 bits per heavy atom.